The number of halogens is 4. The molecule has 2 aromatic carbocycles. The van der Waals surface area contributed by atoms with Gasteiger partial charge >= 0.3 is 6.18 Å². The first-order valence-electron chi connectivity index (χ1n) is 11.8. The van der Waals surface area contributed by atoms with Gasteiger partial charge in [-0.3, -0.25) is 9.78 Å². The van der Waals surface area contributed by atoms with Crippen molar-refractivity contribution in [3.05, 3.63) is 77.1 Å². The third kappa shape index (κ3) is 4.78. The third-order valence-corrected chi connectivity index (χ3v) is 6.99. The van der Waals surface area contributed by atoms with Crippen LogP contribution in [0.3, 0.4) is 0 Å². The number of rotatable bonds is 4. The quantitative estimate of drug-likeness (QED) is 0.489. The number of fused-ring (bicyclic) bond motifs is 3. The average molecular weight is 516 g/mol. The summed E-state index contributed by atoms with van der Waals surface area (Å²) in [6.07, 6.45) is -3.63. The van der Waals surface area contributed by atoms with E-state index in [1.54, 1.807) is 12.1 Å². The van der Waals surface area contributed by atoms with Crippen LogP contribution in [0.25, 0.3) is 11.1 Å². The summed E-state index contributed by atoms with van der Waals surface area (Å²) in [6.45, 7) is 2.45. The van der Waals surface area contributed by atoms with Gasteiger partial charge in [0.2, 0.25) is 0 Å². The zero-order chi connectivity index (χ0) is 26.4. The van der Waals surface area contributed by atoms with Gasteiger partial charge in [0.1, 0.15) is 5.69 Å². The number of benzene rings is 2. The van der Waals surface area contributed by atoms with E-state index in [2.05, 4.69) is 10.3 Å². The van der Waals surface area contributed by atoms with Gasteiger partial charge in [0.15, 0.2) is 5.67 Å². The van der Waals surface area contributed by atoms with Gasteiger partial charge in [-0.1, -0.05) is 18.2 Å². The molecular formula is C27H25F4N3O3. The summed E-state index contributed by atoms with van der Waals surface area (Å²) in [7, 11) is 0. The number of hydrogen-bond acceptors (Lipinski definition) is 5. The van der Waals surface area contributed by atoms with Crippen LogP contribution in [-0.4, -0.2) is 54.1 Å². The lowest BCUT2D eigenvalue weighted by atomic mass is 9.82. The Bertz CT molecular complexity index is 1350. The molecule has 1 amide bonds. The van der Waals surface area contributed by atoms with Gasteiger partial charge in [-0.15, -0.1) is 0 Å². The summed E-state index contributed by atoms with van der Waals surface area (Å²) >= 11 is 0. The van der Waals surface area contributed by atoms with Crippen LogP contribution >= 0.6 is 0 Å². The Morgan fingerprint density at radius 1 is 1.22 bits per heavy atom. The van der Waals surface area contributed by atoms with Crippen LogP contribution < -0.4 is 10.2 Å². The maximum atomic E-state index is 15.5. The second-order valence-corrected chi connectivity index (χ2v) is 9.41. The number of pyridine rings is 1. The number of aliphatic hydroxyl groups is 1. The topological polar surface area (TPSA) is 74.7 Å². The predicted molar refractivity (Wildman–Crippen MR) is 130 cm³/mol. The fraction of sp³-hybridized carbons (Fsp3) is 0.333. The van der Waals surface area contributed by atoms with Crippen LogP contribution in [0.15, 0.2) is 54.7 Å². The minimum absolute atomic E-state index is 0.0740. The van der Waals surface area contributed by atoms with Crippen molar-refractivity contribution < 1.29 is 32.2 Å². The Kier molecular flexibility index (Phi) is 6.41. The average Bonchev–Trinajstić information content (AvgIpc) is 2.89. The number of amides is 1. The molecule has 1 fully saturated rings. The van der Waals surface area contributed by atoms with Crippen LogP contribution in [0.1, 0.15) is 27.2 Å². The summed E-state index contributed by atoms with van der Waals surface area (Å²) in [5, 5.41) is 12.4. The highest BCUT2D eigenvalue weighted by atomic mass is 19.4. The first kappa shape index (κ1) is 25.2. The molecule has 5 rings (SSSR count). The SMILES string of the molecule is Cc1ccc(NC(=O)c2ccnc(C(F)(F)F)c2)cc1-c1ccc2c(c1)N1CCOC[C@@H]1[C@](F)(CO)C2. The molecule has 3 aromatic rings. The van der Waals surface area contributed by atoms with E-state index in [1.165, 1.54) is 6.07 Å². The van der Waals surface area contributed by atoms with Crippen LogP contribution in [0.2, 0.25) is 0 Å². The molecule has 0 unspecified atom stereocenters. The summed E-state index contributed by atoms with van der Waals surface area (Å²) in [6, 6.07) is 12.3. The number of aliphatic hydroxyl groups excluding tert-OH is 1. The fourth-order valence-electron chi connectivity index (χ4n) is 5.01. The molecule has 194 valence electrons. The molecule has 0 radical (unpaired) electrons. The number of aromatic nitrogens is 1. The first-order valence-corrected chi connectivity index (χ1v) is 11.8. The van der Waals surface area contributed by atoms with Crippen molar-refractivity contribution in [3.8, 4) is 11.1 Å². The second kappa shape index (κ2) is 9.42. The fourth-order valence-corrected chi connectivity index (χ4v) is 5.01. The highest BCUT2D eigenvalue weighted by molar-refractivity contribution is 6.04. The predicted octanol–water partition coefficient (Wildman–Crippen LogP) is 4.79. The molecule has 0 aliphatic carbocycles. The Hall–Kier alpha value is -3.50. The van der Waals surface area contributed by atoms with E-state index in [4.69, 9.17) is 4.74 Å². The van der Waals surface area contributed by atoms with Gasteiger partial charge in [0, 0.05) is 36.1 Å². The maximum absolute atomic E-state index is 15.5. The first-order chi connectivity index (χ1) is 17.6. The smallest absolute Gasteiger partial charge is 0.393 e. The summed E-state index contributed by atoms with van der Waals surface area (Å²) in [5.74, 6) is -0.687. The third-order valence-electron chi connectivity index (χ3n) is 6.99. The van der Waals surface area contributed by atoms with Gasteiger partial charge in [0.25, 0.3) is 5.91 Å². The number of morpholine rings is 1. The number of nitrogens with one attached hydrogen (secondary N) is 1. The van der Waals surface area contributed by atoms with E-state index in [0.717, 1.165) is 34.1 Å². The molecule has 0 spiro atoms. The van der Waals surface area contributed by atoms with E-state index in [0.29, 0.717) is 24.9 Å². The standard InChI is InChI=1S/C27H25F4N3O3/c1-16-2-5-20(33-25(36)18-6-7-32-23(11-18)27(29,30)31)12-21(16)17-3-4-19-13-26(28,15-35)24-14-37-9-8-34(24)22(19)10-17/h2-7,10-12,24,35H,8-9,13-15H2,1H3,(H,33,36)/t24-,26-/m1/s1. The molecule has 6 nitrogen and oxygen atoms in total. The van der Waals surface area contributed by atoms with Crippen molar-refractivity contribution >= 4 is 17.3 Å². The summed E-state index contributed by atoms with van der Waals surface area (Å²) in [4.78, 5) is 17.9. The Balaban J connectivity index is 1.45. The van der Waals surface area contributed by atoms with Crippen molar-refractivity contribution in [1.29, 1.82) is 0 Å². The van der Waals surface area contributed by atoms with Gasteiger partial charge < -0.3 is 20.1 Å². The number of alkyl halides is 4. The van der Waals surface area contributed by atoms with Crippen LogP contribution in [0.5, 0.6) is 0 Å². The van der Waals surface area contributed by atoms with Crippen LogP contribution in [-0.2, 0) is 17.3 Å². The van der Waals surface area contributed by atoms with E-state index >= 15 is 4.39 Å². The summed E-state index contributed by atoms with van der Waals surface area (Å²) < 4.78 is 60.0. The molecule has 1 saturated heterocycles. The van der Waals surface area contributed by atoms with E-state index < -0.39 is 36.1 Å². The van der Waals surface area contributed by atoms with Crippen molar-refractivity contribution in [2.45, 2.75) is 31.2 Å². The van der Waals surface area contributed by atoms with Gasteiger partial charge in [0.05, 0.1) is 25.9 Å². The molecule has 2 N–H and O–H groups in total. The van der Waals surface area contributed by atoms with Crippen LogP contribution in [0, 0.1) is 6.92 Å². The minimum atomic E-state index is -4.65. The molecule has 37 heavy (non-hydrogen) atoms. The number of anilines is 2. The highest BCUT2D eigenvalue weighted by Crippen LogP contribution is 2.42. The molecular weight excluding hydrogens is 490 g/mol. The van der Waals surface area contributed by atoms with Gasteiger partial charge in [-0.25, -0.2) is 4.39 Å². The largest absolute Gasteiger partial charge is 0.433 e. The van der Waals surface area contributed by atoms with Crippen molar-refractivity contribution in [2.24, 2.45) is 0 Å². The Morgan fingerprint density at radius 2 is 2.03 bits per heavy atom. The van der Waals surface area contributed by atoms with E-state index in [9.17, 15) is 23.1 Å². The molecule has 1 aromatic heterocycles. The number of carbonyl (C=O) groups is 1. The monoisotopic (exact) mass is 515 g/mol. The number of hydrogen-bond donors (Lipinski definition) is 2. The number of aryl methyl sites for hydroxylation is 1. The van der Waals surface area contributed by atoms with Crippen molar-refractivity contribution in [1.82, 2.24) is 4.98 Å². The lowest BCUT2D eigenvalue weighted by Crippen LogP contribution is -2.62. The lowest BCUT2D eigenvalue weighted by Gasteiger charge is -2.48. The van der Waals surface area contributed by atoms with Gasteiger partial charge in [-0.2, -0.15) is 13.2 Å². The molecule has 10 heteroatoms. The Morgan fingerprint density at radius 3 is 2.78 bits per heavy atom. The molecule has 0 bridgehead atoms. The lowest BCUT2D eigenvalue weighted by molar-refractivity contribution is -0.141. The van der Waals surface area contributed by atoms with Gasteiger partial charge in [-0.05, 0) is 59.5 Å². The second-order valence-electron chi connectivity index (χ2n) is 9.41. The summed E-state index contributed by atoms with van der Waals surface area (Å²) in [5.41, 5.74) is 1.57. The number of ether oxygens (including phenoxy) is 1. The molecule has 3 heterocycles. The molecule has 0 saturated carbocycles. The number of carbonyl (C=O) groups excluding carboxylic acids is 1. The zero-order valence-electron chi connectivity index (χ0n) is 20.0. The highest BCUT2D eigenvalue weighted by Gasteiger charge is 2.48. The molecule has 2 atom stereocenters. The minimum Gasteiger partial charge on any atom is -0.393 e. The normalized spacial score (nSPS) is 21.2. The number of nitrogens with zero attached hydrogens (tertiary/aromatic N) is 2. The van der Waals surface area contributed by atoms with E-state index in [-0.39, 0.29) is 18.6 Å². The van der Waals surface area contributed by atoms with E-state index in [1.807, 2.05) is 36.1 Å². The molecule has 2 aliphatic rings. The molecule has 2 aliphatic heterocycles. The maximum Gasteiger partial charge on any atom is 0.433 e. The zero-order valence-corrected chi connectivity index (χ0v) is 20.0. The van der Waals surface area contributed by atoms with Crippen molar-refractivity contribution in [2.75, 3.05) is 36.6 Å². The van der Waals surface area contributed by atoms with Crippen molar-refractivity contribution in [3.63, 3.8) is 0 Å². The Labute approximate surface area is 210 Å². The van der Waals surface area contributed by atoms with Crippen LogP contribution in [0.4, 0.5) is 28.9 Å².